The molecule has 0 bridgehead atoms. The molecule has 2 rings (SSSR count). The number of benzene rings is 1. The molecule has 23 heavy (non-hydrogen) atoms. The molecule has 0 saturated carbocycles. The zero-order valence-corrected chi connectivity index (χ0v) is 14.8. The van der Waals surface area contributed by atoms with Gasteiger partial charge >= 0.3 is 0 Å². The van der Waals surface area contributed by atoms with Crippen molar-refractivity contribution in [3.05, 3.63) is 35.4 Å². The Morgan fingerprint density at radius 3 is 2.57 bits per heavy atom. The van der Waals surface area contributed by atoms with Gasteiger partial charge in [-0.3, -0.25) is 4.79 Å². The highest BCUT2D eigenvalue weighted by molar-refractivity contribution is 7.88. The van der Waals surface area contributed by atoms with E-state index in [-0.39, 0.29) is 11.7 Å². The summed E-state index contributed by atoms with van der Waals surface area (Å²) in [5.41, 5.74) is 1.83. The van der Waals surface area contributed by atoms with Crippen LogP contribution in [0.3, 0.4) is 0 Å². The molecule has 1 fully saturated rings. The van der Waals surface area contributed by atoms with Gasteiger partial charge in [0.25, 0.3) is 0 Å². The van der Waals surface area contributed by atoms with E-state index in [0.717, 1.165) is 17.5 Å². The number of sulfonamides is 1. The Balaban J connectivity index is 2.03. The minimum Gasteiger partial charge on any atom is -0.341 e. The lowest BCUT2D eigenvalue weighted by atomic mass is 10.1. The molecule has 0 atom stereocenters. The maximum Gasteiger partial charge on any atom is 0.222 e. The van der Waals surface area contributed by atoms with Gasteiger partial charge in [0.1, 0.15) is 0 Å². The molecule has 1 aliphatic heterocycles. The fourth-order valence-electron chi connectivity index (χ4n) is 2.85. The van der Waals surface area contributed by atoms with E-state index in [9.17, 15) is 13.2 Å². The summed E-state index contributed by atoms with van der Waals surface area (Å²) in [6.45, 7) is 5.93. The monoisotopic (exact) mass is 338 g/mol. The fraction of sp³-hybridized carbons (Fsp3) is 0.588. The molecule has 0 N–H and O–H groups in total. The summed E-state index contributed by atoms with van der Waals surface area (Å²) in [4.78, 5) is 13.8. The summed E-state index contributed by atoms with van der Waals surface area (Å²) in [6, 6.07) is 7.57. The van der Waals surface area contributed by atoms with Crippen molar-refractivity contribution >= 4 is 15.9 Å². The summed E-state index contributed by atoms with van der Waals surface area (Å²) < 4.78 is 26.9. The van der Waals surface area contributed by atoms with Crippen molar-refractivity contribution < 1.29 is 13.2 Å². The SMILES string of the molecule is CCCC(=O)N1CCCN(S(=O)(=O)Cc2ccccc2C)CC1. The summed E-state index contributed by atoms with van der Waals surface area (Å²) in [6.07, 6.45) is 2.06. The van der Waals surface area contributed by atoms with Gasteiger partial charge < -0.3 is 4.90 Å². The number of nitrogens with zero attached hydrogens (tertiary/aromatic N) is 2. The lowest BCUT2D eigenvalue weighted by Gasteiger charge is -2.22. The van der Waals surface area contributed by atoms with E-state index in [0.29, 0.717) is 39.0 Å². The first-order valence-electron chi connectivity index (χ1n) is 8.24. The van der Waals surface area contributed by atoms with Crippen molar-refractivity contribution in [2.45, 2.75) is 38.9 Å². The number of carbonyl (C=O) groups is 1. The van der Waals surface area contributed by atoms with Crippen molar-refractivity contribution in [2.24, 2.45) is 0 Å². The minimum absolute atomic E-state index is 0.0303. The molecule has 0 spiro atoms. The molecule has 1 aromatic carbocycles. The van der Waals surface area contributed by atoms with E-state index in [1.54, 1.807) is 9.21 Å². The van der Waals surface area contributed by atoms with E-state index in [1.165, 1.54) is 0 Å². The van der Waals surface area contributed by atoms with Crippen LogP contribution in [0, 0.1) is 6.92 Å². The Bertz CT molecular complexity index is 643. The van der Waals surface area contributed by atoms with E-state index in [1.807, 2.05) is 38.1 Å². The lowest BCUT2D eigenvalue weighted by Crippen LogP contribution is -2.37. The summed E-state index contributed by atoms with van der Waals surface area (Å²) in [7, 11) is -3.35. The summed E-state index contributed by atoms with van der Waals surface area (Å²) in [5, 5.41) is 0. The zero-order chi connectivity index (χ0) is 16.9. The van der Waals surface area contributed by atoms with Crippen molar-refractivity contribution in [3.8, 4) is 0 Å². The molecule has 1 aliphatic rings. The Morgan fingerprint density at radius 1 is 1.13 bits per heavy atom. The third kappa shape index (κ3) is 4.78. The van der Waals surface area contributed by atoms with Crippen molar-refractivity contribution in [2.75, 3.05) is 26.2 Å². The molecule has 1 heterocycles. The van der Waals surface area contributed by atoms with Crippen molar-refractivity contribution in [1.29, 1.82) is 0 Å². The van der Waals surface area contributed by atoms with Crippen LogP contribution in [0.4, 0.5) is 0 Å². The van der Waals surface area contributed by atoms with Gasteiger partial charge in [0.05, 0.1) is 5.75 Å². The molecule has 0 unspecified atom stereocenters. The maximum absolute atomic E-state index is 12.7. The zero-order valence-electron chi connectivity index (χ0n) is 14.0. The number of rotatable bonds is 5. The molecular formula is C17H26N2O3S. The van der Waals surface area contributed by atoms with Crippen LogP contribution >= 0.6 is 0 Å². The highest BCUT2D eigenvalue weighted by Gasteiger charge is 2.27. The van der Waals surface area contributed by atoms with Crippen LogP contribution in [0.25, 0.3) is 0 Å². The standard InChI is InChI=1S/C17H26N2O3S/c1-3-7-17(20)18-10-6-11-19(13-12-18)23(21,22)14-16-9-5-4-8-15(16)2/h4-5,8-9H,3,6-7,10-14H2,1-2H3. The molecule has 0 aromatic heterocycles. The second-order valence-corrected chi connectivity index (χ2v) is 8.03. The Hall–Kier alpha value is -1.40. The van der Waals surface area contributed by atoms with Gasteiger partial charge in [0.2, 0.25) is 15.9 Å². The second-order valence-electron chi connectivity index (χ2n) is 6.07. The van der Waals surface area contributed by atoms with Crippen molar-refractivity contribution in [3.63, 3.8) is 0 Å². The van der Waals surface area contributed by atoms with Gasteiger partial charge in [-0.05, 0) is 30.9 Å². The number of aryl methyl sites for hydroxylation is 1. The number of amides is 1. The Morgan fingerprint density at radius 2 is 1.87 bits per heavy atom. The number of hydrogen-bond donors (Lipinski definition) is 0. The molecular weight excluding hydrogens is 312 g/mol. The lowest BCUT2D eigenvalue weighted by molar-refractivity contribution is -0.131. The van der Waals surface area contributed by atoms with Gasteiger partial charge in [-0.15, -0.1) is 0 Å². The van der Waals surface area contributed by atoms with Crippen LogP contribution in [0.1, 0.15) is 37.3 Å². The van der Waals surface area contributed by atoms with Crippen LogP contribution < -0.4 is 0 Å². The van der Waals surface area contributed by atoms with E-state index < -0.39 is 10.0 Å². The average Bonchev–Trinajstić information content (AvgIpc) is 2.76. The van der Waals surface area contributed by atoms with Crippen LogP contribution in [-0.2, 0) is 20.6 Å². The van der Waals surface area contributed by atoms with Gasteiger partial charge in [-0.25, -0.2) is 8.42 Å². The molecule has 6 heteroatoms. The average molecular weight is 338 g/mol. The molecule has 1 aromatic rings. The van der Waals surface area contributed by atoms with Crippen molar-refractivity contribution in [1.82, 2.24) is 9.21 Å². The molecule has 1 amide bonds. The quantitative estimate of drug-likeness (QED) is 0.827. The first-order chi connectivity index (χ1) is 10.9. The number of carbonyl (C=O) groups excluding carboxylic acids is 1. The molecule has 0 aliphatic carbocycles. The van der Waals surface area contributed by atoms with Gasteiger partial charge in [0, 0.05) is 32.6 Å². The van der Waals surface area contributed by atoms with E-state index in [2.05, 4.69) is 0 Å². The third-order valence-corrected chi connectivity index (χ3v) is 6.09. The maximum atomic E-state index is 12.7. The highest BCUT2D eigenvalue weighted by Crippen LogP contribution is 2.17. The van der Waals surface area contributed by atoms with Crippen LogP contribution in [0.2, 0.25) is 0 Å². The molecule has 128 valence electrons. The fourth-order valence-corrected chi connectivity index (χ4v) is 4.52. The third-order valence-electron chi connectivity index (χ3n) is 4.26. The van der Waals surface area contributed by atoms with Crippen LogP contribution in [-0.4, -0.2) is 49.7 Å². The topological polar surface area (TPSA) is 57.7 Å². The summed E-state index contributed by atoms with van der Waals surface area (Å²) in [5.74, 6) is 0.161. The largest absolute Gasteiger partial charge is 0.341 e. The van der Waals surface area contributed by atoms with Gasteiger partial charge in [-0.2, -0.15) is 4.31 Å². The predicted octanol–water partition coefficient (Wildman–Crippen LogP) is 2.16. The normalized spacial score (nSPS) is 17.0. The predicted molar refractivity (Wildman–Crippen MR) is 91.5 cm³/mol. The smallest absolute Gasteiger partial charge is 0.222 e. The first kappa shape index (κ1) is 17.9. The van der Waals surface area contributed by atoms with E-state index >= 15 is 0 Å². The Labute approximate surface area is 139 Å². The van der Waals surface area contributed by atoms with Gasteiger partial charge in [0.15, 0.2) is 0 Å². The summed E-state index contributed by atoms with van der Waals surface area (Å²) >= 11 is 0. The minimum atomic E-state index is -3.35. The van der Waals surface area contributed by atoms with E-state index in [4.69, 9.17) is 0 Å². The number of hydrogen-bond acceptors (Lipinski definition) is 3. The second kappa shape index (κ2) is 7.93. The first-order valence-corrected chi connectivity index (χ1v) is 9.85. The van der Waals surface area contributed by atoms with Gasteiger partial charge in [-0.1, -0.05) is 31.2 Å². The molecule has 1 saturated heterocycles. The molecule has 5 nitrogen and oxygen atoms in total. The Kier molecular flexibility index (Phi) is 6.18. The van der Waals surface area contributed by atoms with Crippen LogP contribution in [0.5, 0.6) is 0 Å². The highest BCUT2D eigenvalue weighted by atomic mass is 32.2. The molecule has 0 radical (unpaired) electrons. The van der Waals surface area contributed by atoms with Crippen LogP contribution in [0.15, 0.2) is 24.3 Å².